The molecule has 142 valence electrons. The maximum Gasteiger partial charge on any atom is 0.251 e. The molecule has 2 amide bonds. The van der Waals surface area contributed by atoms with Crippen LogP contribution in [-0.4, -0.2) is 42.4 Å². The number of nitrogens with one attached hydrogen (secondary N) is 2. The summed E-state index contributed by atoms with van der Waals surface area (Å²) in [5.74, 6) is 0.586. The summed E-state index contributed by atoms with van der Waals surface area (Å²) in [7, 11) is 0. The molecule has 4 heterocycles. The van der Waals surface area contributed by atoms with Crippen molar-refractivity contribution in [2.45, 2.75) is 34.9 Å². The van der Waals surface area contributed by atoms with E-state index in [0.29, 0.717) is 11.5 Å². The van der Waals surface area contributed by atoms with Gasteiger partial charge in [-0.05, 0) is 62.2 Å². The Kier molecular flexibility index (Phi) is 5.52. The fourth-order valence-corrected chi connectivity index (χ4v) is 5.69. The van der Waals surface area contributed by atoms with E-state index in [2.05, 4.69) is 15.5 Å². The minimum Gasteiger partial charge on any atom is -0.348 e. The van der Waals surface area contributed by atoms with Gasteiger partial charge in [-0.3, -0.25) is 9.59 Å². The fourth-order valence-electron chi connectivity index (χ4n) is 3.81. The number of fused-ring (bicyclic) bond motifs is 3. The van der Waals surface area contributed by atoms with Gasteiger partial charge in [0.25, 0.3) is 5.91 Å². The predicted molar refractivity (Wildman–Crippen MR) is 110 cm³/mol. The number of rotatable bonds is 5. The molecule has 0 unspecified atom stereocenters. The fraction of sp³-hybridized carbons (Fsp3) is 0.400. The zero-order valence-corrected chi connectivity index (χ0v) is 16.9. The first-order valence-corrected chi connectivity index (χ1v) is 10.9. The summed E-state index contributed by atoms with van der Waals surface area (Å²) in [5.41, 5.74) is 1.53. The highest BCUT2D eigenvalue weighted by atomic mass is 32.2. The number of benzene rings is 1. The van der Waals surface area contributed by atoms with Crippen LogP contribution in [0.3, 0.4) is 0 Å². The molecular weight excluding hydrogens is 378 g/mol. The summed E-state index contributed by atoms with van der Waals surface area (Å²) < 4.78 is 1.10. The van der Waals surface area contributed by atoms with Crippen molar-refractivity contribution in [3.8, 4) is 0 Å². The summed E-state index contributed by atoms with van der Waals surface area (Å²) in [6.45, 7) is 4.84. The maximum atomic E-state index is 12.6. The van der Waals surface area contributed by atoms with E-state index in [-0.39, 0.29) is 17.9 Å². The van der Waals surface area contributed by atoms with Crippen molar-refractivity contribution in [2.75, 3.05) is 25.0 Å². The van der Waals surface area contributed by atoms with Crippen LogP contribution in [0, 0.1) is 5.92 Å². The monoisotopic (exact) mass is 401 g/mol. The Morgan fingerprint density at radius 1 is 1.19 bits per heavy atom. The highest BCUT2D eigenvalue weighted by Crippen LogP contribution is 2.34. The lowest BCUT2D eigenvalue weighted by Gasteiger charge is -2.44. The zero-order valence-electron chi connectivity index (χ0n) is 15.2. The number of thiophene rings is 1. The first kappa shape index (κ1) is 18.5. The number of hydrogen-bond acceptors (Lipinski definition) is 5. The second-order valence-corrected chi connectivity index (χ2v) is 9.47. The first-order valence-electron chi connectivity index (χ1n) is 9.24. The van der Waals surface area contributed by atoms with Gasteiger partial charge in [-0.15, -0.1) is 11.3 Å². The minimum atomic E-state index is -0.0669. The molecule has 3 fully saturated rings. The Labute approximate surface area is 167 Å². The highest BCUT2D eigenvalue weighted by molar-refractivity contribution is 8.01. The molecule has 2 N–H and O–H groups in total. The number of carbonyl (C=O) groups excluding carboxylic acids is 2. The Bertz CT molecular complexity index is 826. The summed E-state index contributed by atoms with van der Waals surface area (Å²) in [6, 6.07) is 9.99. The van der Waals surface area contributed by atoms with E-state index in [1.54, 1.807) is 23.1 Å². The van der Waals surface area contributed by atoms with Crippen molar-refractivity contribution >= 4 is 40.6 Å². The second kappa shape index (κ2) is 8.04. The average Bonchev–Trinajstić information content (AvgIpc) is 3.09. The smallest absolute Gasteiger partial charge is 0.251 e. The molecule has 2 aromatic rings. The number of carbonyl (C=O) groups is 2. The van der Waals surface area contributed by atoms with E-state index >= 15 is 0 Å². The third-order valence-corrected chi connectivity index (χ3v) is 7.29. The van der Waals surface area contributed by atoms with E-state index in [4.69, 9.17) is 0 Å². The van der Waals surface area contributed by atoms with Gasteiger partial charge < -0.3 is 15.5 Å². The van der Waals surface area contributed by atoms with Gasteiger partial charge in [-0.2, -0.15) is 0 Å². The number of nitrogens with zero attached hydrogens (tertiary/aromatic N) is 1. The Morgan fingerprint density at radius 3 is 2.56 bits per heavy atom. The van der Waals surface area contributed by atoms with Crippen LogP contribution in [0.25, 0.3) is 0 Å². The van der Waals surface area contributed by atoms with Gasteiger partial charge in [0.1, 0.15) is 0 Å². The SMILES string of the molecule is CC(=O)Nc1csc(Sc2ccc(C(=O)N[C@H]3CN4CCC3CC4)cc2)c1. The third-order valence-electron chi connectivity index (χ3n) is 5.20. The minimum absolute atomic E-state index is 0.0226. The molecular formula is C20H23N3O2S2. The summed E-state index contributed by atoms with van der Waals surface area (Å²) in [4.78, 5) is 27.2. The topological polar surface area (TPSA) is 61.4 Å². The van der Waals surface area contributed by atoms with Gasteiger partial charge in [0.2, 0.25) is 5.91 Å². The van der Waals surface area contributed by atoms with Crippen molar-refractivity contribution in [3.05, 3.63) is 41.3 Å². The summed E-state index contributed by atoms with van der Waals surface area (Å²) in [5, 5.41) is 7.95. The molecule has 3 saturated heterocycles. The third kappa shape index (κ3) is 4.54. The molecule has 7 heteroatoms. The second-order valence-electron chi connectivity index (χ2n) is 7.18. The molecule has 5 rings (SSSR count). The van der Waals surface area contributed by atoms with Crippen LogP contribution in [-0.2, 0) is 4.79 Å². The van der Waals surface area contributed by atoms with Crippen molar-refractivity contribution in [1.82, 2.24) is 10.2 Å². The molecule has 1 atom stereocenters. The molecule has 0 aliphatic carbocycles. The van der Waals surface area contributed by atoms with E-state index in [1.807, 2.05) is 35.7 Å². The molecule has 3 aliphatic heterocycles. The summed E-state index contributed by atoms with van der Waals surface area (Å²) in [6.07, 6.45) is 2.39. The van der Waals surface area contributed by atoms with Crippen LogP contribution >= 0.6 is 23.1 Å². The van der Waals surface area contributed by atoms with Crippen molar-refractivity contribution < 1.29 is 9.59 Å². The van der Waals surface area contributed by atoms with Gasteiger partial charge in [0.05, 0.1) is 9.90 Å². The maximum absolute atomic E-state index is 12.6. The molecule has 3 aliphatic rings. The zero-order chi connectivity index (χ0) is 18.8. The Morgan fingerprint density at radius 2 is 1.93 bits per heavy atom. The molecule has 2 bridgehead atoms. The molecule has 1 aromatic heterocycles. The van der Waals surface area contributed by atoms with Gasteiger partial charge >= 0.3 is 0 Å². The molecule has 0 saturated carbocycles. The van der Waals surface area contributed by atoms with Gasteiger partial charge in [0.15, 0.2) is 0 Å². The van der Waals surface area contributed by atoms with E-state index in [1.165, 1.54) is 32.9 Å². The molecule has 0 radical (unpaired) electrons. The van der Waals surface area contributed by atoms with Crippen LogP contribution in [0.2, 0.25) is 0 Å². The van der Waals surface area contributed by atoms with Gasteiger partial charge in [-0.25, -0.2) is 0 Å². The van der Waals surface area contributed by atoms with Crippen molar-refractivity contribution in [3.63, 3.8) is 0 Å². The normalized spacial score (nSPS) is 23.8. The Balaban J connectivity index is 1.35. The van der Waals surface area contributed by atoms with E-state index in [9.17, 15) is 9.59 Å². The van der Waals surface area contributed by atoms with Crippen LogP contribution in [0.5, 0.6) is 0 Å². The number of anilines is 1. The van der Waals surface area contributed by atoms with Crippen LogP contribution < -0.4 is 10.6 Å². The number of amides is 2. The predicted octanol–water partition coefficient (Wildman–Crippen LogP) is 3.68. The number of hydrogen-bond donors (Lipinski definition) is 2. The lowest BCUT2D eigenvalue weighted by atomic mass is 9.84. The summed E-state index contributed by atoms with van der Waals surface area (Å²) >= 11 is 3.22. The van der Waals surface area contributed by atoms with Crippen molar-refractivity contribution in [2.24, 2.45) is 5.92 Å². The van der Waals surface area contributed by atoms with E-state index < -0.39 is 0 Å². The van der Waals surface area contributed by atoms with Gasteiger partial charge in [0, 0.05) is 35.3 Å². The number of piperidine rings is 3. The lowest BCUT2D eigenvalue weighted by molar-refractivity contribution is -0.114. The molecule has 1 aromatic carbocycles. The molecule has 0 spiro atoms. The van der Waals surface area contributed by atoms with Crippen molar-refractivity contribution in [1.29, 1.82) is 0 Å². The van der Waals surface area contributed by atoms with Crippen LogP contribution in [0.15, 0.2) is 44.8 Å². The largest absolute Gasteiger partial charge is 0.348 e. The first-order chi connectivity index (χ1) is 13.1. The average molecular weight is 402 g/mol. The van der Waals surface area contributed by atoms with Gasteiger partial charge in [-0.1, -0.05) is 11.8 Å². The quantitative estimate of drug-likeness (QED) is 0.802. The molecule has 5 nitrogen and oxygen atoms in total. The lowest BCUT2D eigenvalue weighted by Crippen LogP contribution is -2.57. The highest BCUT2D eigenvalue weighted by Gasteiger charge is 2.34. The van der Waals surface area contributed by atoms with Crippen LogP contribution in [0.1, 0.15) is 30.1 Å². The standard InChI is InChI=1S/C20H23N3O2S2/c1-13(24)21-16-10-19(26-12-16)27-17-4-2-15(3-5-17)20(25)22-18-11-23-8-6-14(18)7-9-23/h2-5,10,12,14,18H,6-9,11H2,1H3,(H,21,24)(H,22,25)/t18-/m0/s1. The Hall–Kier alpha value is -1.83. The van der Waals surface area contributed by atoms with Crippen LogP contribution in [0.4, 0.5) is 5.69 Å². The van der Waals surface area contributed by atoms with E-state index in [0.717, 1.165) is 21.3 Å². The molecule has 27 heavy (non-hydrogen) atoms.